The molecule has 0 aliphatic rings. The highest BCUT2D eigenvalue weighted by Crippen LogP contribution is 2.22. The van der Waals surface area contributed by atoms with E-state index in [9.17, 15) is 4.39 Å². The Kier molecular flexibility index (Phi) is 3.74. The van der Waals surface area contributed by atoms with Crippen molar-refractivity contribution in [1.29, 1.82) is 0 Å². The summed E-state index contributed by atoms with van der Waals surface area (Å²) in [4.78, 5) is 3.88. The van der Waals surface area contributed by atoms with E-state index in [4.69, 9.17) is 5.73 Å². The maximum Gasteiger partial charge on any atom is 0.159 e. The Bertz CT molecular complexity index is 341. The van der Waals surface area contributed by atoms with Crippen molar-refractivity contribution in [3.8, 4) is 0 Å². The van der Waals surface area contributed by atoms with E-state index in [-0.39, 0.29) is 11.5 Å². The van der Waals surface area contributed by atoms with Crippen molar-refractivity contribution in [2.24, 2.45) is 10.7 Å². The van der Waals surface area contributed by atoms with E-state index in [2.05, 4.69) is 20.9 Å². The Morgan fingerprint density at radius 3 is 2.85 bits per heavy atom. The number of hydrogen-bond acceptors (Lipinski definition) is 2. The van der Waals surface area contributed by atoms with E-state index in [1.54, 1.807) is 18.4 Å². The molecule has 1 aromatic carbocycles. The van der Waals surface area contributed by atoms with Gasteiger partial charge in [0.25, 0.3) is 0 Å². The van der Waals surface area contributed by atoms with Crippen molar-refractivity contribution in [1.82, 2.24) is 0 Å². The molecule has 5 heteroatoms. The Balaban J connectivity index is 3.03. The van der Waals surface area contributed by atoms with Gasteiger partial charge in [-0.3, -0.25) is 0 Å². The largest absolute Gasteiger partial charge is 0.378 e. The molecule has 0 aliphatic heterocycles. The van der Waals surface area contributed by atoms with E-state index >= 15 is 0 Å². The number of benzene rings is 1. The van der Waals surface area contributed by atoms with E-state index in [1.165, 1.54) is 17.8 Å². The summed E-state index contributed by atoms with van der Waals surface area (Å²) >= 11 is 4.44. The van der Waals surface area contributed by atoms with Crippen LogP contribution in [0.4, 0.5) is 10.1 Å². The second-order valence-corrected chi connectivity index (χ2v) is 3.99. The average molecular weight is 263 g/mol. The molecule has 0 unspecified atom stereocenters. The quantitative estimate of drug-likeness (QED) is 0.625. The zero-order chi connectivity index (χ0) is 9.84. The van der Waals surface area contributed by atoms with Crippen molar-refractivity contribution in [3.63, 3.8) is 0 Å². The lowest BCUT2D eigenvalue weighted by Crippen LogP contribution is -2.04. The molecule has 0 aromatic heterocycles. The normalized spacial score (nSPS) is 11.8. The van der Waals surface area contributed by atoms with Crippen LogP contribution in [0.25, 0.3) is 0 Å². The molecule has 0 saturated carbocycles. The number of hydrogen-bond donors (Lipinski definition) is 1. The molecule has 70 valence electrons. The van der Waals surface area contributed by atoms with E-state index < -0.39 is 0 Å². The van der Waals surface area contributed by atoms with E-state index in [1.807, 2.05) is 0 Å². The van der Waals surface area contributed by atoms with Crippen LogP contribution < -0.4 is 5.73 Å². The molecule has 0 amide bonds. The summed E-state index contributed by atoms with van der Waals surface area (Å²) in [5, 5.41) is 0.348. The first-order chi connectivity index (χ1) is 6.13. The molecule has 1 rings (SSSR count). The summed E-state index contributed by atoms with van der Waals surface area (Å²) in [6.07, 6.45) is 1.79. The van der Waals surface area contributed by atoms with Crippen LogP contribution in [0.5, 0.6) is 0 Å². The number of rotatable bonds is 1. The van der Waals surface area contributed by atoms with Crippen LogP contribution in [0, 0.1) is 5.82 Å². The third-order valence-electron chi connectivity index (χ3n) is 1.35. The van der Waals surface area contributed by atoms with Gasteiger partial charge < -0.3 is 5.73 Å². The van der Waals surface area contributed by atoms with Gasteiger partial charge in [0.15, 0.2) is 5.17 Å². The number of nitrogens with zero attached hydrogens (tertiary/aromatic N) is 1. The van der Waals surface area contributed by atoms with Gasteiger partial charge in [-0.15, -0.1) is 0 Å². The number of amidine groups is 1. The third kappa shape index (κ3) is 3.00. The van der Waals surface area contributed by atoms with Gasteiger partial charge in [-0.05, 0) is 24.5 Å². The number of thioether (sulfide) groups is 1. The summed E-state index contributed by atoms with van der Waals surface area (Å²) in [6.45, 7) is 0. The zero-order valence-corrected chi connectivity index (χ0v) is 9.32. The lowest BCUT2D eigenvalue weighted by molar-refractivity contribution is 0.629. The highest BCUT2D eigenvalue weighted by molar-refractivity contribution is 9.10. The predicted octanol–water partition coefficient (Wildman–Crippen LogP) is 2.90. The van der Waals surface area contributed by atoms with Crippen molar-refractivity contribution in [2.75, 3.05) is 6.26 Å². The van der Waals surface area contributed by atoms with Gasteiger partial charge in [0.1, 0.15) is 11.5 Å². The molecule has 1 aromatic rings. The van der Waals surface area contributed by atoms with Crippen LogP contribution in [-0.2, 0) is 0 Å². The molecule has 13 heavy (non-hydrogen) atoms. The molecule has 0 aliphatic carbocycles. The second kappa shape index (κ2) is 4.62. The average Bonchev–Trinajstić information content (AvgIpc) is 2.09. The van der Waals surface area contributed by atoms with E-state index in [0.29, 0.717) is 9.64 Å². The maximum absolute atomic E-state index is 13.1. The van der Waals surface area contributed by atoms with Crippen molar-refractivity contribution >= 4 is 38.5 Å². The van der Waals surface area contributed by atoms with Crippen molar-refractivity contribution in [3.05, 3.63) is 28.5 Å². The lowest BCUT2D eigenvalue weighted by atomic mass is 10.3. The molecule has 0 heterocycles. The summed E-state index contributed by atoms with van der Waals surface area (Å²) in [5.74, 6) is -0.383. The molecule has 0 radical (unpaired) electrons. The number of halogens is 2. The summed E-state index contributed by atoms with van der Waals surface area (Å²) in [7, 11) is 0. The topological polar surface area (TPSA) is 38.4 Å². The first-order valence-corrected chi connectivity index (χ1v) is 5.48. The van der Waals surface area contributed by atoms with Gasteiger partial charge in [0, 0.05) is 4.47 Å². The molecule has 2 nitrogen and oxygen atoms in total. The van der Waals surface area contributed by atoms with E-state index in [0.717, 1.165) is 0 Å². The fourth-order valence-corrected chi connectivity index (χ4v) is 1.26. The van der Waals surface area contributed by atoms with Crippen molar-refractivity contribution in [2.45, 2.75) is 0 Å². The van der Waals surface area contributed by atoms with Crippen LogP contribution in [0.2, 0.25) is 0 Å². The first-order valence-electron chi connectivity index (χ1n) is 3.46. The second-order valence-electron chi connectivity index (χ2n) is 2.25. The molecular weight excluding hydrogens is 255 g/mol. The smallest absolute Gasteiger partial charge is 0.159 e. The minimum Gasteiger partial charge on any atom is -0.378 e. The third-order valence-corrected chi connectivity index (χ3v) is 2.35. The van der Waals surface area contributed by atoms with Crippen LogP contribution in [-0.4, -0.2) is 11.4 Å². The number of aliphatic imine (C=N–C) groups is 1. The zero-order valence-electron chi connectivity index (χ0n) is 6.92. The highest BCUT2D eigenvalue weighted by Gasteiger charge is 2.01. The Hall–Kier alpha value is -0.550. The standard InChI is InChI=1S/C8H8BrFN2S/c1-13-8(11)12-7-3-2-5(9)4-6(7)10/h2-4H,1H3,(H2,11,12). The van der Waals surface area contributed by atoms with Gasteiger partial charge in [-0.2, -0.15) is 0 Å². The van der Waals surface area contributed by atoms with Gasteiger partial charge in [-0.1, -0.05) is 27.7 Å². The summed E-state index contributed by atoms with van der Waals surface area (Å²) < 4.78 is 13.8. The summed E-state index contributed by atoms with van der Waals surface area (Å²) in [5.41, 5.74) is 5.71. The predicted molar refractivity (Wildman–Crippen MR) is 58.9 cm³/mol. The fourth-order valence-electron chi connectivity index (χ4n) is 0.736. The Morgan fingerprint density at radius 2 is 2.31 bits per heavy atom. The van der Waals surface area contributed by atoms with Crippen LogP contribution in [0.3, 0.4) is 0 Å². The van der Waals surface area contributed by atoms with Crippen LogP contribution in [0.15, 0.2) is 27.7 Å². The monoisotopic (exact) mass is 262 g/mol. The first kappa shape index (κ1) is 10.5. The molecule has 2 N–H and O–H groups in total. The van der Waals surface area contributed by atoms with Crippen molar-refractivity contribution < 1.29 is 4.39 Å². The Labute approximate surface area is 88.6 Å². The van der Waals surface area contributed by atoms with Gasteiger partial charge >= 0.3 is 0 Å². The molecular formula is C8H8BrFN2S. The minimum absolute atomic E-state index is 0.259. The molecule has 0 saturated heterocycles. The highest BCUT2D eigenvalue weighted by atomic mass is 79.9. The van der Waals surface area contributed by atoms with Crippen LogP contribution >= 0.6 is 27.7 Å². The molecule has 0 bridgehead atoms. The van der Waals surface area contributed by atoms with Gasteiger partial charge in [0.2, 0.25) is 0 Å². The molecule has 0 spiro atoms. The summed E-state index contributed by atoms with van der Waals surface area (Å²) in [6, 6.07) is 4.64. The Morgan fingerprint density at radius 1 is 1.62 bits per heavy atom. The molecule has 0 fully saturated rings. The number of nitrogens with two attached hydrogens (primary N) is 1. The lowest BCUT2D eigenvalue weighted by Gasteiger charge is -1.98. The minimum atomic E-state index is -0.383. The SMILES string of the molecule is CSC(N)=Nc1ccc(Br)cc1F. The van der Waals surface area contributed by atoms with Gasteiger partial charge in [0.05, 0.1) is 0 Å². The fraction of sp³-hybridized carbons (Fsp3) is 0.125. The van der Waals surface area contributed by atoms with Crippen LogP contribution in [0.1, 0.15) is 0 Å². The maximum atomic E-state index is 13.1. The van der Waals surface area contributed by atoms with Gasteiger partial charge in [-0.25, -0.2) is 9.38 Å². The molecule has 0 atom stereocenters.